The van der Waals surface area contributed by atoms with E-state index in [-0.39, 0.29) is 16.7 Å². The van der Waals surface area contributed by atoms with Crippen LogP contribution in [0.2, 0.25) is 0 Å². The number of nitrogens with one attached hydrogen (secondary N) is 1. The van der Waals surface area contributed by atoms with Gasteiger partial charge in [0.2, 0.25) is 0 Å². The van der Waals surface area contributed by atoms with Crippen LogP contribution in [0.5, 0.6) is 11.5 Å². The molecule has 1 aromatic carbocycles. The Bertz CT molecular complexity index is 975. The van der Waals surface area contributed by atoms with E-state index in [4.69, 9.17) is 16.3 Å². The molecule has 0 saturated heterocycles. The lowest BCUT2D eigenvalue weighted by atomic mass is 10.2. The third-order valence-electron chi connectivity index (χ3n) is 3.63. The Balaban J connectivity index is 1.85. The topological polar surface area (TPSA) is 77.1 Å². The first-order valence-corrected chi connectivity index (χ1v) is 9.09. The minimum atomic E-state index is -3.81. The normalized spacial score (nSPS) is 13.0. The van der Waals surface area contributed by atoms with E-state index in [1.54, 1.807) is 19.4 Å². The number of rotatable bonds is 6. The van der Waals surface area contributed by atoms with Gasteiger partial charge in [0.05, 0.1) is 40.4 Å². The highest BCUT2D eigenvalue weighted by atomic mass is 35.5. The molecule has 0 radical (unpaired) electrons. The number of aromatic nitrogens is 3. The molecule has 10 heteroatoms. The molecule has 0 fully saturated rings. The molecule has 0 aliphatic rings. The fourth-order valence-corrected chi connectivity index (χ4v) is 3.58. The Hall–Kier alpha value is -2.26. The smallest absolute Gasteiger partial charge is 0.487 e. The lowest BCUT2D eigenvalue weighted by Gasteiger charge is -2.09. The first kappa shape index (κ1) is 18.5. The number of imidazole rings is 1. The van der Waals surface area contributed by atoms with Crippen molar-refractivity contribution in [3.05, 3.63) is 41.7 Å². The number of hydrogen-bond acceptors (Lipinski definition) is 5. The van der Waals surface area contributed by atoms with Crippen molar-refractivity contribution in [2.75, 3.05) is 7.11 Å². The van der Waals surface area contributed by atoms with Gasteiger partial charge in [0, 0.05) is 29.4 Å². The van der Waals surface area contributed by atoms with E-state index in [9.17, 15) is 13.0 Å². The quantitative estimate of drug-likeness (QED) is 0.636. The van der Waals surface area contributed by atoms with E-state index in [2.05, 4.69) is 19.7 Å². The van der Waals surface area contributed by atoms with Gasteiger partial charge in [-0.3, -0.25) is 9.19 Å². The number of halogens is 3. The number of hydrogen-bond donors (Lipinski definition) is 1. The fraction of sp³-hybridized carbons (Fsp3) is 0.250. The molecule has 1 N–H and O–H groups in total. The number of methoxy groups -OCH3 is 1. The van der Waals surface area contributed by atoms with E-state index in [0.29, 0.717) is 22.5 Å². The Morgan fingerprint density at radius 1 is 1.35 bits per heavy atom. The molecule has 2 heterocycles. The number of pyridine rings is 1. The van der Waals surface area contributed by atoms with E-state index < -0.39 is 16.4 Å². The van der Waals surface area contributed by atoms with Gasteiger partial charge in [-0.2, -0.15) is 0 Å². The number of nitrogens with zero attached hydrogens (tertiary/aromatic N) is 2. The standard InChI is InChI=1S/C16H14ClF2N3O3S/c1-9-13(20-6-5-14(9)24-2)8-26(23)15-21-11-4-3-10(7-12(11)22-15)25-16(17,18)19/h3-7H,8H2,1-2H3,(H,21,22). The Morgan fingerprint density at radius 2 is 2.12 bits per heavy atom. The molecule has 26 heavy (non-hydrogen) atoms. The molecule has 0 bridgehead atoms. The lowest BCUT2D eigenvalue weighted by molar-refractivity contribution is -0.0964. The van der Waals surface area contributed by atoms with E-state index >= 15 is 0 Å². The third-order valence-corrected chi connectivity index (χ3v) is 4.86. The van der Waals surface area contributed by atoms with E-state index in [0.717, 1.165) is 5.56 Å². The molecule has 138 valence electrons. The summed E-state index contributed by atoms with van der Waals surface area (Å²) in [5, 5.41) is 0.207. The third kappa shape index (κ3) is 4.10. The predicted molar refractivity (Wildman–Crippen MR) is 93.2 cm³/mol. The van der Waals surface area contributed by atoms with Gasteiger partial charge in [-0.05, 0) is 25.1 Å². The average Bonchev–Trinajstić information content (AvgIpc) is 2.98. The molecule has 0 spiro atoms. The molecule has 0 saturated carbocycles. The van der Waals surface area contributed by atoms with Gasteiger partial charge in [-0.15, -0.1) is 8.78 Å². The van der Waals surface area contributed by atoms with Crippen molar-refractivity contribution in [2.24, 2.45) is 0 Å². The summed E-state index contributed by atoms with van der Waals surface area (Å²) in [6.07, 6.45) is 1.58. The zero-order valence-corrected chi connectivity index (χ0v) is 15.3. The number of aromatic amines is 1. The van der Waals surface area contributed by atoms with Crippen molar-refractivity contribution in [2.45, 2.75) is 23.4 Å². The molecule has 0 aliphatic heterocycles. The van der Waals surface area contributed by atoms with Gasteiger partial charge < -0.3 is 14.5 Å². The molecule has 1 atom stereocenters. The number of benzene rings is 1. The summed E-state index contributed by atoms with van der Waals surface area (Å²) in [5.74, 6) is 0.649. The summed E-state index contributed by atoms with van der Waals surface area (Å²) >= 11 is 4.76. The summed E-state index contributed by atoms with van der Waals surface area (Å²) < 4.78 is 47.6. The van der Waals surface area contributed by atoms with Crippen molar-refractivity contribution in [1.29, 1.82) is 0 Å². The second-order valence-corrected chi connectivity index (χ2v) is 7.15. The maximum absolute atomic E-state index is 12.7. The zero-order valence-electron chi connectivity index (χ0n) is 13.8. The van der Waals surface area contributed by atoms with Crippen LogP contribution >= 0.6 is 11.6 Å². The van der Waals surface area contributed by atoms with Gasteiger partial charge in [-0.1, -0.05) is 0 Å². The number of H-pyrrole nitrogens is 1. The summed E-state index contributed by atoms with van der Waals surface area (Å²) in [5.41, 5.74) is -1.53. The molecule has 1 unspecified atom stereocenters. The molecule has 6 nitrogen and oxygen atoms in total. The van der Waals surface area contributed by atoms with Gasteiger partial charge >= 0.3 is 5.57 Å². The Kier molecular flexibility index (Phi) is 5.10. The van der Waals surface area contributed by atoms with Crippen LogP contribution in [-0.2, 0) is 16.6 Å². The highest BCUT2D eigenvalue weighted by Gasteiger charge is 2.27. The van der Waals surface area contributed by atoms with Gasteiger partial charge in [-0.25, -0.2) is 4.98 Å². The molecule has 3 rings (SSSR count). The highest BCUT2D eigenvalue weighted by Crippen LogP contribution is 2.28. The van der Waals surface area contributed by atoms with Crippen molar-refractivity contribution < 1.29 is 22.5 Å². The van der Waals surface area contributed by atoms with Crippen LogP contribution in [0.3, 0.4) is 0 Å². The number of fused-ring (bicyclic) bond motifs is 1. The fourth-order valence-electron chi connectivity index (χ4n) is 2.39. The first-order valence-electron chi connectivity index (χ1n) is 7.39. The molecule has 3 aromatic rings. The predicted octanol–water partition coefficient (Wildman–Crippen LogP) is 3.75. The van der Waals surface area contributed by atoms with Crippen molar-refractivity contribution >= 4 is 33.4 Å². The zero-order chi connectivity index (χ0) is 18.9. The summed E-state index contributed by atoms with van der Waals surface area (Å²) in [6.45, 7) is 1.83. The van der Waals surface area contributed by atoms with Crippen LogP contribution in [0, 0.1) is 6.92 Å². The van der Waals surface area contributed by atoms with Crippen molar-refractivity contribution in [3.63, 3.8) is 0 Å². The van der Waals surface area contributed by atoms with Crippen LogP contribution < -0.4 is 9.47 Å². The van der Waals surface area contributed by atoms with Crippen LogP contribution in [0.25, 0.3) is 11.0 Å². The van der Waals surface area contributed by atoms with Gasteiger partial charge in [0.1, 0.15) is 11.5 Å². The van der Waals surface area contributed by atoms with Crippen molar-refractivity contribution in [3.8, 4) is 11.5 Å². The highest BCUT2D eigenvalue weighted by molar-refractivity contribution is 7.84. The largest absolute Gasteiger partial charge is 0.496 e. The molecule has 0 aliphatic carbocycles. The van der Waals surface area contributed by atoms with Crippen molar-refractivity contribution in [1.82, 2.24) is 15.0 Å². The van der Waals surface area contributed by atoms with Crippen LogP contribution in [0.15, 0.2) is 35.6 Å². The minimum Gasteiger partial charge on any atom is -0.496 e. The second-order valence-electron chi connectivity index (χ2n) is 5.34. The lowest BCUT2D eigenvalue weighted by Crippen LogP contribution is -2.15. The van der Waals surface area contributed by atoms with Gasteiger partial charge in [0.15, 0.2) is 5.16 Å². The summed E-state index contributed by atoms with van der Waals surface area (Å²) in [7, 11) is 0.0350. The van der Waals surface area contributed by atoms with E-state index in [1.807, 2.05) is 6.92 Å². The summed E-state index contributed by atoms with van der Waals surface area (Å²) in [6, 6.07) is 5.81. The maximum Gasteiger partial charge on any atom is 0.487 e. The monoisotopic (exact) mass is 401 g/mol. The molecule has 0 amide bonds. The number of alkyl halides is 3. The SMILES string of the molecule is COc1ccnc(CS(=O)c2nc3ccc(OC(F)(F)Cl)cc3[nH]2)c1C. The number of ether oxygens (including phenoxy) is 2. The molecular formula is C16H14ClF2N3O3S. The first-order chi connectivity index (χ1) is 12.3. The van der Waals surface area contributed by atoms with Crippen LogP contribution in [-0.4, -0.2) is 31.8 Å². The molecular weight excluding hydrogens is 388 g/mol. The summed E-state index contributed by atoms with van der Waals surface area (Å²) in [4.78, 5) is 11.3. The minimum absolute atomic E-state index is 0.131. The maximum atomic E-state index is 12.7. The molecule has 2 aromatic heterocycles. The van der Waals surface area contributed by atoms with Crippen LogP contribution in [0.4, 0.5) is 8.78 Å². The Morgan fingerprint density at radius 3 is 2.81 bits per heavy atom. The Labute approximate surface area is 155 Å². The van der Waals surface area contributed by atoms with Crippen LogP contribution in [0.1, 0.15) is 11.3 Å². The average molecular weight is 402 g/mol. The second kappa shape index (κ2) is 7.16. The van der Waals surface area contributed by atoms with E-state index in [1.165, 1.54) is 18.2 Å². The van der Waals surface area contributed by atoms with Gasteiger partial charge in [0.25, 0.3) is 0 Å².